The minimum Gasteiger partial charge on any atom is -0.497 e. The average Bonchev–Trinajstić information content (AvgIpc) is 3.40. The van der Waals surface area contributed by atoms with Crippen molar-refractivity contribution in [3.63, 3.8) is 0 Å². The number of carbonyl (C=O) groups is 1. The molecule has 0 aliphatic heterocycles. The molecule has 0 radical (unpaired) electrons. The van der Waals surface area contributed by atoms with E-state index >= 15 is 0 Å². The van der Waals surface area contributed by atoms with Gasteiger partial charge in [-0.15, -0.1) is 0 Å². The third-order valence-corrected chi connectivity index (χ3v) is 4.29. The molecule has 23 heavy (non-hydrogen) atoms. The molecule has 0 atom stereocenters. The molecule has 0 bridgehead atoms. The minimum absolute atomic E-state index is 0.00539. The van der Waals surface area contributed by atoms with Crippen LogP contribution in [0.15, 0.2) is 54.6 Å². The number of amides is 1. The van der Waals surface area contributed by atoms with E-state index in [0.29, 0.717) is 13.1 Å². The van der Waals surface area contributed by atoms with Crippen LogP contribution in [0.2, 0.25) is 0 Å². The van der Waals surface area contributed by atoms with Crippen molar-refractivity contribution < 1.29 is 9.53 Å². The second-order valence-corrected chi connectivity index (χ2v) is 5.93. The molecule has 4 nitrogen and oxygen atoms in total. The summed E-state index contributed by atoms with van der Waals surface area (Å²) in [6.45, 7) is 0.842. The van der Waals surface area contributed by atoms with E-state index in [1.165, 1.54) is 5.56 Å². The van der Waals surface area contributed by atoms with Gasteiger partial charge in [-0.3, -0.25) is 10.1 Å². The monoisotopic (exact) mass is 310 g/mol. The molecular formula is C19H22N2O2. The van der Waals surface area contributed by atoms with Gasteiger partial charge in [-0.05, 0) is 36.1 Å². The molecule has 2 N–H and O–H groups in total. The maximum Gasteiger partial charge on any atom is 0.234 e. The Kier molecular flexibility index (Phi) is 4.63. The van der Waals surface area contributed by atoms with Gasteiger partial charge in [0, 0.05) is 12.1 Å². The Bertz CT molecular complexity index is 666. The van der Waals surface area contributed by atoms with Crippen LogP contribution in [0.4, 0.5) is 0 Å². The largest absolute Gasteiger partial charge is 0.497 e. The summed E-state index contributed by atoms with van der Waals surface area (Å²) in [5.41, 5.74) is 2.29. The van der Waals surface area contributed by atoms with Crippen molar-refractivity contribution in [2.45, 2.75) is 24.9 Å². The first kappa shape index (κ1) is 15.6. The molecule has 0 unspecified atom stereocenters. The maximum absolute atomic E-state index is 12.1. The fourth-order valence-electron chi connectivity index (χ4n) is 2.74. The molecule has 1 amide bonds. The first-order valence-corrected chi connectivity index (χ1v) is 7.92. The van der Waals surface area contributed by atoms with Crippen LogP contribution in [0.5, 0.6) is 5.75 Å². The lowest BCUT2D eigenvalue weighted by Gasteiger charge is -2.17. The van der Waals surface area contributed by atoms with Crippen LogP contribution in [-0.4, -0.2) is 19.6 Å². The van der Waals surface area contributed by atoms with E-state index in [9.17, 15) is 4.79 Å². The quantitative estimate of drug-likeness (QED) is 0.826. The average molecular weight is 310 g/mol. The molecule has 0 saturated heterocycles. The standard InChI is InChI=1S/C19H22N2O2/c1-23-17-9-5-6-15(12-17)13-20-18(22)14-21-19(10-11-19)16-7-3-2-4-8-16/h2-9,12,21H,10-11,13-14H2,1H3,(H,20,22). The number of methoxy groups -OCH3 is 1. The zero-order valence-corrected chi connectivity index (χ0v) is 13.3. The summed E-state index contributed by atoms with van der Waals surface area (Å²) in [5.74, 6) is 0.811. The van der Waals surface area contributed by atoms with Gasteiger partial charge >= 0.3 is 0 Å². The van der Waals surface area contributed by atoms with E-state index in [2.05, 4.69) is 22.8 Å². The highest BCUT2D eigenvalue weighted by Gasteiger charge is 2.43. The minimum atomic E-state index is -0.00539. The van der Waals surface area contributed by atoms with Gasteiger partial charge in [0.05, 0.1) is 13.7 Å². The SMILES string of the molecule is COc1cccc(CNC(=O)CNC2(c3ccccc3)CC2)c1. The molecule has 3 rings (SSSR count). The predicted molar refractivity (Wildman–Crippen MR) is 90.2 cm³/mol. The van der Waals surface area contributed by atoms with Crippen LogP contribution >= 0.6 is 0 Å². The first-order valence-electron chi connectivity index (χ1n) is 7.92. The molecule has 2 aromatic rings. The van der Waals surface area contributed by atoms with Crippen LogP contribution in [0.3, 0.4) is 0 Å². The molecule has 120 valence electrons. The van der Waals surface area contributed by atoms with Crippen molar-refractivity contribution in [3.8, 4) is 5.75 Å². The number of benzene rings is 2. The maximum atomic E-state index is 12.1. The summed E-state index contributed by atoms with van der Waals surface area (Å²) in [7, 11) is 1.64. The van der Waals surface area contributed by atoms with E-state index in [-0.39, 0.29) is 11.4 Å². The van der Waals surface area contributed by atoms with Crippen molar-refractivity contribution in [1.82, 2.24) is 10.6 Å². The van der Waals surface area contributed by atoms with E-state index in [0.717, 1.165) is 24.2 Å². The molecule has 1 fully saturated rings. The van der Waals surface area contributed by atoms with Gasteiger partial charge in [-0.25, -0.2) is 0 Å². The van der Waals surface area contributed by atoms with Crippen LogP contribution < -0.4 is 15.4 Å². The van der Waals surface area contributed by atoms with Crippen LogP contribution in [0.25, 0.3) is 0 Å². The Morgan fingerprint density at radius 1 is 1.13 bits per heavy atom. The summed E-state index contributed by atoms with van der Waals surface area (Å²) in [6, 6.07) is 18.1. The molecule has 2 aromatic carbocycles. The summed E-state index contributed by atoms with van der Waals surface area (Å²) >= 11 is 0. The normalized spacial score (nSPS) is 15.0. The van der Waals surface area contributed by atoms with Gasteiger partial charge < -0.3 is 10.1 Å². The van der Waals surface area contributed by atoms with E-state index in [4.69, 9.17) is 4.74 Å². The van der Waals surface area contributed by atoms with Crippen LogP contribution in [0.1, 0.15) is 24.0 Å². The van der Waals surface area contributed by atoms with Gasteiger partial charge in [0.25, 0.3) is 0 Å². The predicted octanol–water partition coefficient (Wildman–Crippen LogP) is 2.59. The molecule has 1 saturated carbocycles. The second-order valence-electron chi connectivity index (χ2n) is 5.93. The zero-order chi connectivity index (χ0) is 16.1. The fourth-order valence-corrected chi connectivity index (χ4v) is 2.74. The van der Waals surface area contributed by atoms with Gasteiger partial charge in [-0.1, -0.05) is 42.5 Å². The topological polar surface area (TPSA) is 50.4 Å². The van der Waals surface area contributed by atoms with Gasteiger partial charge in [0.1, 0.15) is 5.75 Å². The number of carbonyl (C=O) groups excluding carboxylic acids is 1. The zero-order valence-electron chi connectivity index (χ0n) is 13.3. The second kappa shape index (κ2) is 6.84. The van der Waals surface area contributed by atoms with Gasteiger partial charge in [0.15, 0.2) is 0 Å². The van der Waals surface area contributed by atoms with Crippen molar-refractivity contribution in [2.24, 2.45) is 0 Å². The van der Waals surface area contributed by atoms with Crippen molar-refractivity contribution in [2.75, 3.05) is 13.7 Å². The third kappa shape index (κ3) is 3.90. The van der Waals surface area contributed by atoms with E-state index in [1.807, 2.05) is 42.5 Å². The molecule has 0 spiro atoms. The lowest BCUT2D eigenvalue weighted by molar-refractivity contribution is -0.120. The van der Waals surface area contributed by atoms with Crippen LogP contribution in [-0.2, 0) is 16.9 Å². The van der Waals surface area contributed by atoms with Crippen LogP contribution in [0, 0.1) is 0 Å². The molecule has 0 heterocycles. The molecule has 1 aliphatic rings. The Hall–Kier alpha value is -2.33. The Morgan fingerprint density at radius 3 is 2.61 bits per heavy atom. The molecule has 1 aliphatic carbocycles. The molecule has 0 aromatic heterocycles. The molecule has 4 heteroatoms. The smallest absolute Gasteiger partial charge is 0.234 e. The fraction of sp³-hybridized carbons (Fsp3) is 0.316. The number of hydrogen-bond donors (Lipinski definition) is 2. The van der Waals surface area contributed by atoms with Crippen molar-refractivity contribution in [3.05, 3.63) is 65.7 Å². The number of hydrogen-bond acceptors (Lipinski definition) is 3. The number of rotatable bonds is 7. The third-order valence-electron chi connectivity index (χ3n) is 4.29. The van der Waals surface area contributed by atoms with Crippen molar-refractivity contribution >= 4 is 5.91 Å². The van der Waals surface area contributed by atoms with Gasteiger partial charge in [-0.2, -0.15) is 0 Å². The molecular weight excluding hydrogens is 288 g/mol. The summed E-state index contributed by atoms with van der Waals surface area (Å²) in [4.78, 5) is 12.1. The van der Waals surface area contributed by atoms with E-state index < -0.39 is 0 Å². The van der Waals surface area contributed by atoms with Gasteiger partial charge in [0.2, 0.25) is 5.91 Å². The number of ether oxygens (including phenoxy) is 1. The summed E-state index contributed by atoms with van der Waals surface area (Å²) in [6.07, 6.45) is 2.17. The van der Waals surface area contributed by atoms with Crippen molar-refractivity contribution in [1.29, 1.82) is 0 Å². The number of nitrogens with one attached hydrogen (secondary N) is 2. The highest BCUT2D eigenvalue weighted by Crippen LogP contribution is 2.45. The summed E-state index contributed by atoms with van der Waals surface area (Å²) < 4.78 is 5.19. The lowest BCUT2D eigenvalue weighted by Crippen LogP contribution is -2.39. The Labute approximate surface area is 136 Å². The first-order chi connectivity index (χ1) is 11.2. The highest BCUT2D eigenvalue weighted by molar-refractivity contribution is 5.78. The van der Waals surface area contributed by atoms with E-state index in [1.54, 1.807) is 7.11 Å². The highest BCUT2D eigenvalue weighted by atomic mass is 16.5. The Balaban J connectivity index is 1.48. The summed E-state index contributed by atoms with van der Waals surface area (Å²) in [5, 5.41) is 6.35. The lowest BCUT2D eigenvalue weighted by atomic mass is 10.1. The Morgan fingerprint density at radius 2 is 1.91 bits per heavy atom.